The zero-order chi connectivity index (χ0) is 13.7. The second kappa shape index (κ2) is 19.3. The van der Waals surface area contributed by atoms with Gasteiger partial charge in [0.15, 0.2) is 11.9 Å². The second-order valence-corrected chi connectivity index (χ2v) is 5.28. The maximum absolute atomic E-state index is 10.6. The Bertz CT molecular complexity index is 256. The van der Waals surface area contributed by atoms with Gasteiger partial charge in [-0.05, 0) is 0 Å². The van der Waals surface area contributed by atoms with Crippen molar-refractivity contribution >= 4 is 37.2 Å². The number of imide groups is 1. The number of amides is 3. The fourth-order valence-electron chi connectivity index (χ4n) is 0.680. The number of nitrogens with two attached hydrogens (primary N) is 2. The molecule has 1 heterocycles. The molecule has 0 aromatic heterocycles. The summed E-state index contributed by atoms with van der Waals surface area (Å²) in [6.45, 7) is 0.153. The van der Waals surface area contributed by atoms with Gasteiger partial charge in [0.1, 0.15) is 6.23 Å². The number of carbonyl (C=O) groups excluding carboxylic acids is 3. The van der Waals surface area contributed by atoms with E-state index in [4.69, 9.17) is 29.0 Å². The van der Waals surface area contributed by atoms with Gasteiger partial charge in [0.2, 0.25) is 0 Å². The van der Waals surface area contributed by atoms with Crippen LogP contribution < -0.4 is 5.32 Å². The first kappa shape index (κ1) is 26.5. The molecule has 0 radical (unpaired) electrons. The van der Waals surface area contributed by atoms with Crippen LogP contribution in [0.5, 0.6) is 0 Å². The van der Waals surface area contributed by atoms with Crippen molar-refractivity contribution in [1.82, 2.24) is 5.32 Å². The van der Waals surface area contributed by atoms with Gasteiger partial charge in [-0.3, -0.25) is 14.4 Å². The minimum Gasteiger partial charge on any atom is -0.693 e. The zero-order valence-electron chi connectivity index (χ0n) is 8.93. The summed E-state index contributed by atoms with van der Waals surface area (Å²) in [6, 6.07) is -0.770. The van der Waals surface area contributed by atoms with Crippen molar-refractivity contribution in [1.29, 1.82) is 0 Å². The monoisotopic (exact) mass is 500 g/mol. The van der Waals surface area contributed by atoms with Crippen LogP contribution in [0.15, 0.2) is 5.34 Å². The first-order chi connectivity index (χ1) is 8.05. The molecule has 19 heavy (non-hydrogen) atoms. The second-order valence-electron chi connectivity index (χ2n) is 1.99. The Morgan fingerprint density at radius 3 is 2.21 bits per heavy atom. The van der Waals surface area contributed by atoms with Crippen LogP contribution in [0.4, 0.5) is 4.79 Å². The fraction of sp³-hybridized carbons (Fsp3) is 0.400. The molecule has 1 saturated heterocycles. The third kappa shape index (κ3) is 19.5. The molecule has 11 nitrogen and oxygen atoms in total. The summed E-state index contributed by atoms with van der Waals surface area (Å²) in [4.78, 5) is 38.8. The topological polar surface area (TPSA) is 206 Å². The fourth-order valence-corrected chi connectivity index (χ4v) is 0.680. The van der Waals surface area contributed by atoms with Crippen LogP contribution in [-0.4, -0.2) is 24.6 Å². The Hall–Kier alpha value is -1.00. The number of hydrogen-bond acceptors (Lipinski definition) is 7. The molecular weight excluding hydrogens is 492 g/mol. The average molecular weight is 501 g/mol. The Kier molecular flexibility index (Phi) is 27.0. The maximum atomic E-state index is 10.6. The van der Waals surface area contributed by atoms with Crippen LogP contribution >= 0.6 is 18.8 Å². The van der Waals surface area contributed by atoms with Gasteiger partial charge < -0.3 is 37.8 Å². The Labute approximate surface area is 124 Å². The molecular formula is C5H9Cl2N5O6Pt-4. The molecule has 118 valence electrons. The minimum absolute atomic E-state index is 0. The van der Waals surface area contributed by atoms with Crippen LogP contribution in [0.2, 0.25) is 0 Å². The molecule has 1 atom stereocenters. The number of nitrogens with one attached hydrogen (secondary N) is 1. The number of urea groups is 1. The molecule has 0 bridgehead atoms. The van der Waals surface area contributed by atoms with Gasteiger partial charge in [-0.2, -0.15) is 0 Å². The van der Waals surface area contributed by atoms with E-state index in [0.29, 0.717) is 0 Å². The number of hydrogen-bond donors (Lipinski definition) is 1. The van der Waals surface area contributed by atoms with Gasteiger partial charge in [-0.1, -0.05) is 0 Å². The van der Waals surface area contributed by atoms with Crippen molar-refractivity contribution < 1.29 is 35.6 Å². The quantitative estimate of drug-likeness (QED) is 0.341. The Balaban J connectivity index is -0.000000122. The predicted molar refractivity (Wildman–Crippen MR) is 63.9 cm³/mol. The SMILES string of the molecule is O=CO[C@@H]1CC(=O)NC(=O)[N-]1.O=N[O-].[Cl][Pt][Cl].[NH2-].[NH2-]. The van der Waals surface area contributed by atoms with Crippen molar-refractivity contribution in [3.8, 4) is 0 Å². The van der Waals surface area contributed by atoms with Crippen LogP contribution in [0.3, 0.4) is 0 Å². The van der Waals surface area contributed by atoms with E-state index >= 15 is 0 Å². The normalized spacial score (nSPS) is 15.4. The van der Waals surface area contributed by atoms with E-state index in [1.54, 1.807) is 0 Å². The molecule has 0 aliphatic carbocycles. The number of ether oxygens (including phenoxy) is 1. The van der Waals surface area contributed by atoms with Gasteiger partial charge in [-0.25, -0.2) is 0 Å². The summed E-state index contributed by atoms with van der Waals surface area (Å²) in [6.07, 6.45) is -1.04. The van der Waals surface area contributed by atoms with Crippen LogP contribution in [0, 0.1) is 10.1 Å². The standard InChI is InChI=1S/C5H6N2O4.2ClH.HNO2.2H2N.Pt/c8-2-11-4-1-3(9)6-5(10)7-4;;;2-1-3;;;/h2,4H,1H2,(H2,6,7,9,10);2*1H;(H,2,3);2*1H2;/q;;;;2*-1;+2/p-4/t4-;;;;;;/m1....../s1. The molecule has 0 saturated carbocycles. The molecule has 0 spiro atoms. The zero-order valence-corrected chi connectivity index (χ0v) is 12.7. The van der Waals surface area contributed by atoms with E-state index < -0.39 is 34.6 Å². The van der Waals surface area contributed by atoms with Crippen molar-refractivity contribution in [2.75, 3.05) is 0 Å². The first-order valence-electron chi connectivity index (χ1n) is 3.46. The van der Waals surface area contributed by atoms with E-state index in [2.05, 4.69) is 10.1 Å². The van der Waals surface area contributed by atoms with Gasteiger partial charge in [0.05, 0.1) is 0 Å². The van der Waals surface area contributed by atoms with Gasteiger partial charge in [0.25, 0.3) is 6.47 Å². The summed E-state index contributed by atoms with van der Waals surface area (Å²) in [5.74, 6) is -0.489. The summed E-state index contributed by atoms with van der Waals surface area (Å²) >= 11 is -0.472. The number of halogens is 2. The Morgan fingerprint density at radius 2 is 1.89 bits per heavy atom. The summed E-state index contributed by atoms with van der Waals surface area (Å²) in [5, 5.41) is 14.2. The molecule has 5 N–H and O–H groups in total. The first-order valence-corrected chi connectivity index (χ1v) is 9.09. The molecule has 1 rings (SSSR count). The largest absolute Gasteiger partial charge is 0.693 e. The third-order valence-electron chi connectivity index (χ3n) is 1.08. The molecule has 0 aromatic rings. The summed E-state index contributed by atoms with van der Waals surface area (Å²) < 4.78 is 4.29. The number of rotatable bonds is 2. The van der Waals surface area contributed by atoms with Crippen molar-refractivity contribution in [2.45, 2.75) is 12.6 Å². The maximum Gasteiger partial charge on any atom is -0.693 e. The van der Waals surface area contributed by atoms with Crippen molar-refractivity contribution in [3.63, 3.8) is 0 Å². The van der Waals surface area contributed by atoms with E-state index in [9.17, 15) is 14.4 Å². The molecule has 3 amide bonds. The van der Waals surface area contributed by atoms with Crippen LogP contribution in [0.25, 0.3) is 17.6 Å². The van der Waals surface area contributed by atoms with E-state index in [1.807, 2.05) is 5.32 Å². The molecule has 1 aliphatic rings. The van der Waals surface area contributed by atoms with Gasteiger partial charge in [-0.15, -0.1) is 5.34 Å². The molecule has 0 unspecified atom stereocenters. The van der Waals surface area contributed by atoms with Gasteiger partial charge >= 0.3 is 35.3 Å². The van der Waals surface area contributed by atoms with E-state index in [-0.39, 0.29) is 25.2 Å². The van der Waals surface area contributed by atoms with Crippen LogP contribution in [0.1, 0.15) is 6.42 Å². The Morgan fingerprint density at radius 1 is 1.47 bits per heavy atom. The predicted octanol–water partition coefficient (Wildman–Crippen LogP) is 2.56. The number of carbonyl (C=O) groups is 3. The molecule has 0 aromatic carbocycles. The van der Waals surface area contributed by atoms with Crippen molar-refractivity contribution in [3.05, 3.63) is 27.7 Å². The van der Waals surface area contributed by atoms with E-state index in [1.165, 1.54) is 0 Å². The smallest absolute Gasteiger partial charge is 0.693 e. The molecule has 1 fully saturated rings. The molecule has 1 aliphatic heterocycles. The number of nitrogens with zero attached hydrogens (tertiary/aromatic N) is 2. The van der Waals surface area contributed by atoms with Gasteiger partial charge in [0, 0.05) is 6.42 Å². The summed E-state index contributed by atoms with van der Waals surface area (Å²) in [7, 11) is 9.75. The summed E-state index contributed by atoms with van der Waals surface area (Å²) in [5.41, 5.74) is 0. The minimum atomic E-state index is -0.950. The molecule has 14 heteroatoms. The van der Waals surface area contributed by atoms with Crippen LogP contribution in [-0.2, 0) is 30.8 Å². The third-order valence-corrected chi connectivity index (χ3v) is 1.08. The van der Waals surface area contributed by atoms with Crippen molar-refractivity contribution in [2.24, 2.45) is 5.34 Å². The van der Waals surface area contributed by atoms with E-state index in [0.717, 1.165) is 5.34 Å². The average Bonchev–Trinajstić information content (AvgIpc) is 2.18.